The average molecular weight is 422 g/mol. The van der Waals surface area contributed by atoms with E-state index in [1.807, 2.05) is 29.2 Å². The van der Waals surface area contributed by atoms with Crippen molar-refractivity contribution in [3.05, 3.63) is 48.3 Å². The quantitative estimate of drug-likeness (QED) is 0.448. The molecule has 1 saturated heterocycles. The lowest BCUT2D eigenvalue weighted by molar-refractivity contribution is -0.117. The van der Waals surface area contributed by atoms with Gasteiger partial charge in [-0.15, -0.1) is 0 Å². The van der Waals surface area contributed by atoms with E-state index in [9.17, 15) is 4.79 Å². The van der Waals surface area contributed by atoms with Crippen molar-refractivity contribution in [1.29, 1.82) is 0 Å². The molecule has 1 aliphatic rings. The molecule has 1 unspecified atom stereocenters. The third-order valence-corrected chi connectivity index (χ3v) is 6.09. The van der Waals surface area contributed by atoms with Gasteiger partial charge >= 0.3 is 0 Å². The summed E-state index contributed by atoms with van der Waals surface area (Å²) in [6.45, 7) is 3.74. The Kier molecular flexibility index (Phi) is 6.44. The van der Waals surface area contributed by atoms with E-state index in [0.717, 1.165) is 35.5 Å². The minimum atomic E-state index is 0.0435. The highest BCUT2D eigenvalue weighted by Gasteiger charge is 2.36. The molecular formula is C25H31N3O3. The highest BCUT2D eigenvalue weighted by atomic mass is 16.5. The van der Waals surface area contributed by atoms with Gasteiger partial charge in [0.15, 0.2) is 0 Å². The summed E-state index contributed by atoms with van der Waals surface area (Å²) in [4.78, 5) is 19.8. The lowest BCUT2D eigenvalue weighted by Crippen LogP contribution is -2.25. The number of amides is 1. The summed E-state index contributed by atoms with van der Waals surface area (Å²) < 4.78 is 13.2. The van der Waals surface area contributed by atoms with E-state index in [2.05, 4.69) is 29.7 Å². The van der Waals surface area contributed by atoms with Gasteiger partial charge < -0.3 is 18.9 Å². The van der Waals surface area contributed by atoms with E-state index in [1.165, 1.54) is 19.3 Å². The number of aryl methyl sites for hydroxylation is 1. The zero-order valence-electron chi connectivity index (χ0n) is 18.6. The van der Waals surface area contributed by atoms with Crippen molar-refractivity contribution in [1.82, 2.24) is 9.55 Å². The predicted octanol–water partition coefficient (Wildman–Crippen LogP) is 5.15. The lowest BCUT2D eigenvalue weighted by atomic mass is 10.1. The molecule has 1 fully saturated rings. The minimum Gasteiger partial charge on any atom is -0.497 e. The Morgan fingerprint density at radius 1 is 1.06 bits per heavy atom. The maximum Gasteiger partial charge on any atom is 0.227 e. The molecule has 0 spiro atoms. The van der Waals surface area contributed by atoms with Crippen LogP contribution in [0.2, 0.25) is 0 Å². The van der Waals surface area contributed by atoms with Gasteiger partial charge in [-0.25, -0.2) is 4.98 Å². The normalized spacial score (nSPS) is 16.3. The van der Waals surface area contributed by atoms with Crippen molar-refractivity contribution in [3.63, 3.8) is 0 Å². The molecule has 1 aromatic heterocycles. The number of carbonyl (C=O) groups is 1. The average Bonchev–Trinajstić information content (AvgIpc) is 3.36. The first-order chi connectivity index (χ1) is 15.2. The number of hydrogen-bond acceptors (Lipinski definition) is 4. The molecule has 1 aliphatic heterocycles. The van der Waals surface area contributed by atoms with Crippen LogP contribution in [-0.2, 0) is 11.3 Å². The second-order valence-electron chi connectivity index (χ2n) is 8.11. The fraction of sp³-hybridized carbons (Fsp3) is 0.440. The van der Waals surface area contributed by atoms with Crippen molar-refractivity contribution in [3.8, 4) is 11.5 Å². The number of hydrogen-bond donors (Lipinski definition) is 0. The number of imidazole rings is 1. The lowest BCUT2D eigenvalue weighted by Gasteiger charge is -2.20. The summed E-state index contributed by atoms with van der Waals surface area (Å²) >= 11 is 0. The van der Waals surface area contributed by atoms with Crippen LogP contribution < -0.4 is 14.4 Å². The van der Waals surface area contributed by atoms with E-state index >= 15 is 0 Å². The zero-order chi connectivity index (χ0) is 21.8. The number of para-hydroxylation sites is 2. The first-order valence-corrected chi connectivity index (χ1v) is 11.1. The maximum absolute atomic E-state index is 13.0. The van der Waals surface area contributed by atoms with Gasteiger partial charge in [0.1, 0.15) is 17.3 Å². The molecule has 6 nitrogen and oxygen atoms in total. The number of ether oxygens (including phenoxy) is 2. The number of benzene rings is 2. The molecule has 4 rings (SSSR count). The Morgan fingerprint density at radius 3 is 2.68 bits per heavy atom. The summed E-state index contributed by atoms with van der Waals surface area (Å²) in [5.41, 5.74) is 2.90. The SMILES string of the molecule is CCCCCCn1c(C2CC(=O)N(c3cc(OC)ccc3OC)C2)nc2ccccc21. The van der Waals surface area contributed by atoms with Crippen LogP contribution in [0.25, 0.3) is 11.0 Å². The number of methoxy groups -OCH3 is 2. The van der Waals surface area contributed by atoms with Gasteiger partial charge in [0.25, 0.3) is 0 Å². The zero-order valence-corrected chi connectivity index (χ0v) is 18.6. The first kappa shape index (κ1) is 21.2. The molecule has 164 valence electrons. The molecule has 0 aliphatic carbocycles. The maximum atomic E-state index is 13.0. The monoisotopic (exact) mass is 421 g/mol. The van der Waals surface area contributed by atoms with Crippen LogP contribution in [0, 0.1) is 0 Å². The van der Waals surface area contributed by atoms with Crippen molar-refractivity contribution < 1.29 is 14.3 Å². The number of nitrogens with zero attached hydrogens (tertiary/aromatic N) is 3. The van der Waals surface area contributed by atoms with Crippen LogP contribution in [0.5, 0.6) is 11.5 Å². The molecular weight excluding hydrogens is 390 g/mol. The molecule has 1 atom stereocenters. The summed E-state index contributed by atoms with van der Waals surface area (Å²) in [7, 11) is 3.25. The predicted molar refractivity (Wildman–Crippen MR) is 123 cm³/mol. The molecule has 0 N–H and O–H groups in total. The van der Waals surface area contributed by atoms with Gasteiger partial charge in [0.2, 0.25) is 5.91 Å². The number of unbranched alkanes of at least 4 members (excludes halogenated alkanes) is 3. The molecule has 0 bridgehead atoms. The molecule has 0 radical (unpaired) electrons. The summed E-state index contributed by atoms with van der Waals surface area (Å²) in [6.07, 6.45) is 5.23. The molecule has 2 aromatic carbocycles. The highest BCUT2D eigenvalue weighted by molar-refractivity contribution is 5.98. The van der Waals surface area contributed by atoms with Crippen LogP contribution >= 0.6 is 0 Å². The largest absolute Gasteiger partial charge is 0.497 e. The fourth-order valence-electron chi connectivity index (χ4n) is 4.46. The van der Waals surface area contributed by atoms with E-state index in [0.29, 0.717) is 24.5 Å². The summed E-state index contributed by atoms with van der Waals surface area (Å²) in [5, 5.41) is 0. The third-order valence-electron chi connectivity index (χ3n) is 6.09. The van der Waals surface area contributed by atoms with Crippen LogP contribution in [0.1, 0.15) is 50.8 Å². The summed E-state index contributed by atoms with van der Waals surface area (Å²) in [5.74, 6) is 2.51. The molecule has 2 heterocycles. The van der Waals surface area contributed by atoms with Gasteiger partial charge in [-0.3, -0.25) is 4.79 Å². The van der Waals surface area contributed by atoms with Gasteiger partial charge in [0, 0.05) is 31.5 Å². The smallest absolute Gasteiger partial charge is 0.227 e. The minimum absolute atomic E-state index is 0.0435. The van der Waals surface area contributed by atoms with Gasteiger partial charge in [-0.2, -0.15) is 0 Å². The van der Waals surface area contributed by atoms with Crippen LogP contribution in [0.4, 0.5) is 5.69 Å². The molecule has 1 amide bonds. The Bertz CT molecular complexity index is 1060. The molecule has 6 heteroatoms. The number of aromatic nitrogens is 2. The van der Waals surface area contributed by atoms with E-state index < -0.39 is 0 Å². The molecule has 0 saturated carbocycles. The van der Waals surface area contributed by atoms with E-state index in [1.54, 1.807) is 14.2 Å². The van der Waals surface area contributed by atoms with Crippen molar-refractivity contribution in [2.45, 2.75) is 51.5 Å². The van der Waals surface area contributed by atoms with Crippen LogP contribution in [0.3, 0.4) is 0 Å². The second-order valence-corrected chi connectivity index (χ2v) is 8.11. The van der Waals surface area contributed by atoms with Crippen LogP contribution in [0.15, 0.2) is 42.5 Å². The second kappa shape index (κ2) is 9.41. The third kappa shape index (κ3) is 4.24. The number of rotatable bonds is 9. The standard InChI is InChI=1S/C25H31N3O3/c1-4-5-6-9-14-27-21-11-8-7-10-20(21)26-25(27)18-15-24(29)28(17-18)22-16-19(30-2)12-13-23(22)31-3/h7-8,10-13,16,18H,4-6,9,14-15,17H2,1-3H3. The Balaban J connectivity index is 1.65. The summed E-state index contributed by atoms with van der Waals surface area (Å²) in [6, 6.07) is 13.8. The van der Waals surface area contributed by atoms with Crippen molar-refractivity contribution >= 4 is 22.6 Å². The Hall–Kier alpha value is -3.02. The topological polar surface area (TPSA) is 56.6 Å². The van der Waals surface area contributed by atoms with Gasteiger partial charge in [-0.05, 0) is 30.7 Å². The van der Waals surface area contributed by atoms with Crippen molar-refractivity contribution in [2.75, 3.05) is 25.7 Å². The first-order valence-electron chi connectivity index (χ1n) is 11.1. The Morgan fingerprint density at radius 2 is 1.90 bits per heavy atom. The van der Waals surface area contributed by atoms with E-state index in [4.69, 9.17) is 14.5 Å². The number of carbonyl (C=O) groups excluding carboxylic acids is 1. The number of fused-ring (bicyclic) bond motifs is 1. The Labute approximate surface area is 183 Å². The van der Waals surface area contributed by atoms with Gasteiger partial charge in [-0.1, -0.05) is 38.3 Å². The van der Waals surface area contributed by atoms with Crippen LogP contribution in [-0.4, -0.2) is 36.2 Å². The molecule has 31 heavy (non-hydrogen) atoms. The van der Waals surface area contributed by atoms with Crippen molar-refractivity contribution in [2.24, 2.45) is 0 Å². The number of anilines is 1. The fourth-order valence-corrected chi connectivity index (χ4v) is 4.46. The van der Waals surface area contributed by atoms with Gasteiger partial charge in [0.05, 0.1) is 30.9 Å². The highest BCUT2D eigenvalue weighted by Crippen LogP contribution is 2.39. The molecule has 3 aromatic rings. The van der Waals surface area contributed by atoms with E-state index in [-0.39, 0.29) is 11.8 Å².